The minimum absolute atomic E-state index is 0.169. The summed E-state index contributed by atoms with van der Waals surface area (Å²) in [7, 11) is 0. The summed E-state index contributed by atoms with van der Waals surface area (Å²) in [5.74, 6) is 1.60. The van der Waals surface area contributed by atoms with Crippen molar-refractivity contribution in [2.75, 3.05) is 14.7 Å². The molecule has 4 aliphatic carbocycles. The lowest BCUT2D eigenvalue weighted by Crippen LogP contribution is -2.28. The Morgan fingerprint density at radius 1 is 0.266 bits per heavy atom. The van der Waals surface area contributed by atoms with Gasteiger partial charge in [-0.15, -0.1) is 0 Å². The van der Waals surface area contributed by atoms with Crippen LogP contribution in [0.5, 0.6) is 5.75 Å². The van der Waals surface area contributed by atoms with Gasteiger partial charge in [0.15, 0.2) is 0 Å². The van der Waals surface area contributed by atoms with Crippen molar-refractivity contribution < 1.29 is 4.74 Å². The van der Waals surface area contributed by atoms with E-state index in [0.717, 1.165) is 92.5 Å². The van der Waals surface area contributed by atoms with Crippen LogP contribution in [0.15, 0.2) is 431 Å². The van der Waals surface area contributed by atoms with Gasteiger partial charge >= 0.3 is 0 Å². The number of hydrogen-bond acceptors (Lipinski definition) is 4. The normalized spacial score (nSPS) is 14.0. The van der Waals surface area contributed by atoms with Crippen LogP contribution in [0.1, 0.15) is 139 Å². The first-order valence-electron chi connectivity index (χ1n) is 45.6. The van der Waals surface area contributed by atoms with Gasteiger partial charge < -0.3 is 19.4 Å². The first-order chi connectivity index (χ1) is 62.8. The second-order valence-corrected chi connectivity index (χ2v) is 36.5. The van der Waals surface area contributed by atoms with Gasteiger partial charge in [0.2, 0.25) is 0 Å². The number of nitrogens with zero attached hydrogens (tertiary/aromatic N) is 3. The molecule has 128 heavy (non-hydrogen) atoms. The predicted molar refractivity (Wildman–Crippen MR) is 535 cm³/mol. The Balaban J connectivity index is 0.597. The highest BCUT2D eigenvalue weighted by atomic mass is 16.5. The Hall–Kier alpha value is -14.8. The summed E-state index contributed by atoms with van der Waals surface area (Å²) < 4.78 is 6.87. The Kier molecular flexibility index (Phi) is 20.1. The summed E-state index contributed by atoms with van der Waals surface area (Å²) in [6, 6.07) is 161. The maximum absolute atomic E-state index is 6.87. The van der Waals surface area contributed by atoms with E-state index in [0.29, 0.717) is 18.4 Å². The molecule has 0 spiro atoms. The third kappa shape index (κ3) is 14.0. The molecule has 0 radical (unpaired) electrons. The molecule has 4 aliphatic rings. The molecule has 0 saturated carbocycles. The second-order valence-electron chi connectivity index (χ2n) is 36.5. The van der Waals surface area contributed by atoms with E-state index in [2.05, 4.69) is 487 Å². The summed E-state index contributed by atoms with van der Waals surface area (Å²) in [6.45, 7) is 14.7. The number of fused-ring (bicyclic) bond motifs is 10. The fourth-order valence-corrected chi connectivity index (χ4v) is 21.4. The number of hydrogen-bond donors (Lipinski definition) is 0. The lowest BCUT2D eigenvalue weighted by Gasteiger charge is -2.34. The lowest BCUT2D eigenvalue weighted by atomic mass is 9.67. The Bertz CT molecular complexity index is 6860. The lowest BCUT2D eigenvalue weighted by molar-refractivity contribution is 0.306. The van der Waals surface area contributed by atoms with Crippen molar-refractivity contribution in [3.8, 4) is 83.6 Å². The smallest absolute Gasteiger partial charge is 0.119 e. The minimum atomic E-state index is -0.761. The van der Waals surface area contributed by atoms with E-state index in [1.165, 1.54) is 140 Å². The quantitative estimate of drug-likeness (QED) is 0.0635. The summed E-state index contributed by atoms with van der Waals surface area (Å²) in [4.78, 5) is 7.26. The number of aryl methyl sites for hydroxylation is 2. The molecule has 22 rings (SSSR count). The average Bonchev–Trinajstić information content (AvgIpc) is 1.57. The van der Waals surface area contributed by atoms with Gasteiger partial charge in [0.05, 0.1) is 5.41 Å². The number of anilines is 9. The van der Waals surface area contributed by atoms with Crippen LogP contribution in [0.25, 0.3) is 77.9 Å². The summed E-state index contributed by atoms with van der Waals surface area (Å²) in [5.41, 5.74) is 43.0. The maximum atomic E-state index is 6.87. The molecule has 0 saturated heterocycles. The Morgan fingerprint density at radius 3 is 1.05 bits per heavy atom. The van der Waals surface area contributed by atoms with Crippen molar-refractivity contribution in [1.29, 1.82) is 0 Å². The number of benzene rings is 18. The average molecular weight is 1650 g/mol. The number of ether oxygens (including phenoxy) is 1. The van der Waals surface area contributed by atoms with Gasteiger partial charge in [0.25, 0.3) is 0 Å². The summed E-state index contributed by atoms with van der Waals surface area (Å²) >= 11 is 0. The molecule has 0 aromatic heterocycles. The molecule has 4 heteroatoms. The van der Waals surface area contributed by atoms with Gasteiger partial charge in [-0.05, 0) is 321 Å². The van der Waals surface area contributed by atoms with Crippen molar-refractivity contribution in [1.82, 2.24) is 0 Å². The zero-order chi connectivity index (χ0) is 86.2. The van der Waals surface area contributed by atoms with E-state index in [4.69, 9.17) is 4.74 Å². The molecular formula is C124H101N3O. The van der Waals surface area contributed by atoms with Crippen LogP contribution in [0.4, 0.5) is 51.2 Å². The van der Waals surface area contributed by atoms with E-state index >= 15 is 0 Å². The van der Waals surface area contributed by atoms with Crippen LogP contribution in [0.3, 0.4) is 0 Å². The highest BCUT2D eigenvalue weighted by Gasteiger charge is 2.47. The molecule has 0 aliphatic heterocycles. The van der Waals surface area contributed by atoms with Gasteiger partial charge in [-0.1, -0.05) is 339 Å². The summed E-state index contributed by atoms with van der Waals surface area (Å²) in [5, 5.41) is 0. The monoisotopic (exact) mass is 1650 g/mol. The molecule has 2 atom stereocenters. The molecule has 618 valence electrons. The first kappa shape index (κ1) is 79.1. The highest BCUT2D eigenvalue weighted by Crippen LogP contribution is 2.59. The minimum Gasteiger partial charge on any atom is -0.489 e. The molecule has 0 fully saturated rings. The summed E-state index contributed by atoms with van der Waals surface area (Å²) in [6.07, 6.45) is 4.45. The van der Waals surface area contributed by atoms with Crippen LogP contribution in [-0.2, 0) is 35.7 Å². The standard InChI is InChI=1S/C124H101N3O/c1-7-85(76-83(2)86-42-57-101(58-43-86)125(100-30-18-11-19-31-100)106-67-52-92-40-41-95(92)77-106)89-38-36-84(37-39-89)82-128-109-70-55-99(56-71-109)124(98-28-16-10-17-29-98)120-78-96(93-48-63-104(64-49-93)126(102-59-44-90(45-60-102)87-24-12-8-13-25-87)107-68-74-112-110-32-20-22-34-116(110)122(3,4)118(112)80-107)53-72-114(120)115-73-54-97(79-121(115)124)94-50-65-105(66-51-94)127(103-61-46-91(47-62-103)88-26-14-9-15-27-88)108-69-75-113-111-33-21-23-35-117(111)123(5,6)119(113)81-108/h8-39,42-75,77-81,83,85H,7,40-41,76,82H2,1-6H3. The van der Waals surface area contributed by atoms with E-state index in [1.54, 1.807) is 0 Å². The third-order valence-corrected chi connectivity index (χ3v) is 28.5. The zero-order valence-electron chi connectivity index (χ0n) is 73.4. The third-order valence-electron chi connectivity index (χ3n) is 28.5. The van der Waals surface area contributed by atoms with Crippen molar-refractivity contribution in [2.24, 2.45) is 0 Å². The second kappa shape index (κ2) is 32.6. The van der Waals surface area contributed by atoms with Crippen molar-refractivity contribution in [3.05, 3.63) is 503 Å². The topological polar surface area (TPSA) is 19.0 Å². The molecule has 0 N–H and O–H groups in total. The van der Waals surface area contributed by atoms with Crippen molar-refractivity contribution in [2.45, 2.75) is 102 Å². The van der Waals surface area contributed by atoms with Crippen molar-refractivity contribution in [3.63, 3.8) is 0 Å². The number of para-hydroxylation sites is 1. The molecule has 4 nitrogen and oxygen atoms in total. The van der Waals surface area contributed by atoms with E-state index in [9.17, 15) is 0 Å². The molecule has 0 bridgehead atoms. The molecule has 18 aromatic carbocycles. The molecular weight excluding hydrogens is 1550 g/mol. The van der Waals surface area contributed by atoms with E-state index in [1.807, 2.05) is 0 Å². The molecule has 2 unspecified atom stereocenters. The van der Waals surface area contributed by atoms with Crippen LogP contribution in [-0.4, -0.2) is 0 Å². The van der Waals surface area contributed by atoms with E-state index < -0.39 is 5.41 Å². The number of rotatable bonds is 23. The first-order valence-corrected chi connectivity index (χ1v) is 45.6. The van der Waals surface area contributed by atoms with Crippen molar-refractivity contribution >= 4 is 51.2 Å². The predicted octanol–water partition coefficient (Wildman–Crippen LogP) is 33.1. The van der Waals surface area contributed by atoms with Crippen LogP contribution < -0.4 is 19.4 Å². The molecule has 0 amide bonds. The highest BCUT2D eigenvalue weighted by molar-refractivity contribution is 5.93. The van der Waals surface area contributed by atoms with Gasteiger partial charge in [-0.3, -0.25) is 0 Å². The van der Waals surface area contributed by atoms with Crippen LogP contribution in [0.2, 0.25) is 0 Å². The van der Waals surface area contributed by atoms with E-state index in [-0.39, 0.29) is 10.8 Å². The van der Waals surface area contributed by atoms with Gasteiger partial charge in [0, 0.05) is 62.0 Å². The fraction of sp³-hybridized carbons (Fsp3) is 0.129. The van der Waals surface area contributed by atoms with Gasteiger partial charge in [-0.2, -0.15) is 0 Å². The fourth-order valence-electron chi connectivity index (χ4n) is 21.4. The molecule has 18 aromatic rings. The Labute approximate surface area is 754 Å². The van der Waals surface area contributed by atoms with Gasteiger partial charge in [-0.25, -0.2) is 0 Å². The van der Waals surface area contributed by atoms with Gasteiger partial charge in [0.1, 0.15) is 12.4 Å². The van der Waals surface area contributed by atoms with Crippen LogP contribution in [0, 0.1) is 0 Å². The zero-order valence-corrected chi connectivity index (χ0v) is 73.4. The largest absolute Gasteiger partial charge is 0.489 e. The van der Waals surface area contributed by atoms with Crippen LogP contribution >= 0.6 is 0 Å². The SMILES string of the molecule is CCC(CC(C)c1ccc(N(c2ccccc2)c2ccc3c(c2)CC3)cc1)c1ccc(COc2ccc(C3(c4ccccc4)c4cc(-c5ccc(N(c6ccc(-c7ccccc7)cc6)c6ccc7c(c6)C(C)(C)c6ccccc6-7)cc5)ccc4-c4ccc(-c5ccc(N(c6ccc(-c7ccccc7)cc6)c6ccc7c(c6)C(C)(C)c6ccccc6-7)cc5)cc43)cc2)cc1. The molecule has 0 heterocycles. The maximum Gasteiger partial charge on any atom is 0.119 e. The Morgan fingerprint density at radius 2 is 0.602 bits per heavy atom.